The van der Waals surface area contributed by atoms with Crippen molar-refractivity contribution in [3.63, 3.8) is 0 Å². The van der Waals surface area contributed by atoms with E-state index in [2.05, 4.69) is 14.9 Å². The molecule has 3 rings (SSSR count). The van der Waals surface area contributed by atoms with Crippen molar-refractivity contribution >= 4 is 17.2 Å². The number of hydrogen-bond donors (Lipinski definition) is 0. The number of alkyl halides is 3. The molecule has 0 saturated carbocycles. The van der Waals surface area contributed by atoms with E-state index in [1.807, 2.05) is 26.8 Å². The molecule has 0 amide bonds. The first-order valence-corrected chi connectivity index (χ1v) is 9.27. The molecule has 0 radical (unpaired) electrons. The maximum atomic E-state index is 12.9. The molecule has 0 bridgehead atoms. The summed E-state index contributed by atoms with van der Waals surface area (Å²) in [7, 11) is 0. The Balaban J connectivity index is 1.80. The number of aryl methyl sites for hydroxylation is 1. The molecule has 2 heterocycles. The minimum Gasteiger partial charge on any atom is -0.362 e. The van der Waals surface area contributed by atoms with Crippen molar-refractivity contribution in [1.29, 1.82) is 0 Å². The van der Waals surface area contributed by atoms with E-state index >= 15 is 0 Å². The summed E-state index contributed by atoms with van der Waals surface area (Å²) >= 11 is 0. The van der Waals surface area contributed by atoms with Crippen LogP contribution in [0.4, 0.5) is 30.4 Å². The minimum atomic E-state index is -4.62. The monoisotopic (exact) mass is 409 g/mol. The fourth-order valence-corrected chi connectivity index (χ4v) is 3.28. The lowest BCUT2D eigenvalue weighted by molar-refractivity contribution is -0.384. The molecule has 156 valence electrons. The fraction of sp³-hybridized carbons (Fsp3) is 0.474. The van der Waals surface area contributed by atoms with Crippen LogP contribution in [0.3, 0.4) is 0 Å². The second kappa shape index (κ2) is 7.84. The van der Waals surface area contributed by atoms with Gasteiger partial charge in [0.1, 0.15) is 17.3 Å². The van der Waals surface area contributed by atoms with Crippen LogP contribution in [0.15, 0.2) is 24.3 Å². The van der Waals surface area contributed by atoms with Crippen molar-refractivity contribution < 1.29 is 18.1 Å². The second-order valence-corrected chi connectivity index (χ2v) is 7.31. The predicted molar refractivity (Wildman–Crippen MR) is 103 cm³/mol. The minimum absolute atomic E-state index is 0.185. The summed E-state index contributed by atoms with van der Waals surface area (Å²) in [5.41, 5.74) is -0.499. The van der Waals surface area contributed by atoms with Gasteiger partial charge in [0, 0.05) is 49.9 Å². The van der Waals surface area contributed by atoms with Crippen LogP contribution in [0.5, 0.6) is 0 Å². The number of halogens is 3. The number of anilines is 2. The Morgan fingerprint density at radius 3 is 2.24 bits per heavy atom. The van der Waals surface area contributed by atoms with Gasteiger partial charge in [0.05, 0.1) is 10.5 Å². The van der Waals surface area contributed by atoms with Crippen molar-refractivity contribution in [2.45, 2.75) is 32.9 Å². The van der Waals surface area contributed by atoms with Gasteiger partial charge in [0.25, 0.3) is 5.69 Å². The Morgan fingerprint density at radius 1 is 1.07 bits per heavy atom. The van der Waals surface area contributed by atoms with Gasteiger partial charge >= 0.3 is 6.18 Å². The van der Waals surface area contributed by atoms with Crippen molar-refractivity contribution in [1.82, 2.24) is 9.97 Å². The van der Waals surface area contributed by atoms with Gasteiger partial charge in [-0.2, -0.15) is 13.2 Å². The molecule has 0 unspecified atom stereocenters. The maximum Gasteiger partial charge on any atom is 0.416 e. The zero-order valence-electron chi connectivity index (χ0n) is 16.4. The lowest BCUT2D eigenvalue weighted by atomic mass is 10.1. The highest BCUT2D eigenvalue weighted by Crippen LogP contribution is 2.37. The number of aromatic nitrogens is 2. The van der Waals surface area contributed by atoms with Crippen molar-refractivity contribution in [3.8, 4) is 0 Å². The van der Waals surface area contributed by atoms with Crippen LogP contribution in [0.25, 0.3) is 0 Å². The molecule has 0 spiro atoms. The molecule has 0 aliphatic carbocycles. The van der Waals surface area contributed by atoms with E-state index in [0.29, 0.717) is 32.2 Å². The molecular formula is C19H22F3N5O2. The molecule has 0 N–H and O–H groups in total. The summed E-state index contributed by atoms with van der Waals surface area (Å²) in [6.07, 6.45) is -4.62. The first-order valence-electron chi connectivity index (χ1n) is 9.27. The van der Waals surface area contributed by atoms with Crippen LogP contribution in [0.2, 0.25) is 0 Å². The van der Waals surface area contributed by atoms with Gasteiger partial charge in [-0.15, -0.1) is 0 Å². The average molecular weight is 409 g/mol. The molecule has 1 aromatic carbocycles. The number of benzene rings is 1. The fourth-order valence-electron chi connectivity index (χ4n) is 3.28. The third-order valence-electron chi connectivity index (χ3n) is 4.82. The van der Waals surface area contributed by atoms with E-state index < -0.39 is 22.4 Å². The number of nitrogens with zero attached hydrogens (tertiary/aromatic N) is 5. The van der Waals surface area contributed by atoms with Crippen LogP contribution in [0, 0.1) is 17.0 Å². The van der Waals surface area contributed by atoms with Crippen LogP contribution in [-0.4, -0.2) is 41.1 Å². The third-order valence-corrected chi connectivity index (χ3v) is 4.82. The summed E-state index contributed by atoms with van der Waals surface area (Å²) < 4.78 is 38.7. The molecule has 1 fully saturated rings. The van der Waals surface area contributed by atoms with Gasteiger partial charge < -0.3 is 9.80 Å². The number of rotatable bonds is 4. The van der Waals surface area contributed by atoms with Gasteiger partial charge in [-0.3, -0.25) is 10.1 Å². The summed E-state index contributed by atoms with van der Waals surface area (Å²) in [5.74, 6) is 1.73. The summed E-state index contributed by atoms with van der Waals surface area (Å²) in [5, 5.41) is 11.4. The molecule has 2 aromatic rings. The zero-order chi connectivity index (χ0) is 21.3. The predicted octanol–water partition coefficient (Wildman–Crippen LogP) is 4.16. The normalized spacial score (nSPS) is 15.1. The summed E-state index contributed by atoms with van der Waals surface area (Å²) in [4.78, 5) is 23.4. The first-order chi connectivity index (χ1) is 13.6. The molecule has 1 aliphatic rings. The smallest absolute Gasteiger partial charge is 0.362 e. The second-order valence-electron chi connectivity index (χ2n) is 7.31. The largest absolute Gasteiger partial charge is 0.416 e. The highest BCUT2D eigenvalue weighted by molar-refractivity contribution is 5.65. The van der Waals surface area contributed by atoms with Crippen LogP contribution in [-0.2, 0) is 6.18 Å². The van der Waals surface area contributed by atoms with Crippen molar-refractivity contribution in [2.75, 3.05) is 36.0 Å². The van der Waals surface area contributed by atoms with Crippen LogP contribution >= 0.6 is 0 Å². The van der Waals surface area contributed by atoms with E-state index in [4.69, 9.17) is 0 Å². The molecular weight excluding hydrogens is 387 g/mol. The topological polar surface area (TPSA) is 75.4 Å². The quantitative estimate of drug-likeness (QED) is 0.558. The number of nitro groups is 1. The standard InChI is InChI=1S/C19H22F3N5O2/c1-12(2)18-23-13(3)10-17(24-18)26-8-6-25(7-9-26)15-5-4-14(19(20,21)22)11-16(15)27(28)29/h4-5,10-12H,6-9H2,1-3H3. The van der Waals surface area contributed by atoms with Gasteiger partial charge in [-0.1, -0.05) is 13.8 Å². The Labute approximate surface area is 166 Å². The van der Waals surface area contributed by atoms with Crippen molar-refractivity contribution in [3.05, 3.63) is 51.5 Å². The SMILES string of the molecule is Cc1cc(N2CCN(c3ccc(C(F)(F)F)cc3[N+](=O)[O-])CC2)nc(C(C)C)n1. The van der Waals surface area contributed by atoms with Crippen LogP contribution in [0.1, 0.15) is 36.8 Å². The van der Waals surface area contributed by atoms with E-state index in [9.17, 15) is 23.3 Å². The molecule has 1 aliphatic heterocycles. The molecule has 1 saturated heterocycles. The van der Waals surface area contributed by atoms with Gasteiger partial charge in [0.15, 0.2) is 0 Å². The van der Waals surface area contributed by atoms with Gasteiger partial charge in [0.2, 0.25) is 0 Å². The molecule has 1 aromatic heterocycles. The van der Waals surface area contributed by atoms with E-state index in [1.54, 1.807) is 4.90 Å². The molecule has 0 atom stereocenters. The average Bonchev–Trinajstić information content (AvgIpc) is 2.66. The summed E-state index contributed by atoms with van der Waals surface area (Å²) in [6.45, 7) is 7.90. The van der Waals surface area contributed by atoms with Crippen LogP contribution < -0.4 is 9.80 Å². The lowest BCUT2D eigenvalue weighted by Crippen LogP contribution is -2.47. The van der Waals surface area contributed by atoms with Gasteiger partial charge in [-0.05, 0) is 19.1 Å². The van der Waals surface area contributed by atoms with E-state index in [1.165, 1.54) is 6.07 Å². The van der Waals surface area contributed by atoms with E-state index in [0.717, 1.165) is 23.4 Å². The Kier molecular flexibility index (Phi) is 5.63. The zero-order valence-corrected chi connectivity index (χ0v) is 16.4. The summed E-state index contributed by atoms with van der Waals surface area (Å²) in [6, 6.07) is 4.56. The highest BCUT2D eigenvalue weighted by Gasteiger charge is 2.34. The first kappa shape index (κ1) is 20.8. The van der Waals surface area contributed by atoms with Crippen molar-refractivity contribution in [2.24, 2.45) is 0 Å². The number of nitro benzene ring substituents is 1. The van der Waals surface area contributed by atoms with Gasteiger partial charge in [-0.25, -0.2) is 9.97 Å². The molecule has 7 nitrogen and oxygen atoms in total. The maximum absolute atomic E-state index is 12.9. The highest BCUT2D eigenvalue weighted by atomic mass is 19.4. The molecule has 10 heteroatoms. The third kappa shape index (κ3) is 4.57. The van der Waals surface area contributed by atoms with E-state index in [-0.39, 0.29) is 11.6 Å². The Hall–Kier alpha value is -2.91. The lowest BCUT2D eigenvalue weighted by Gasteiger charge is -2.36. The Morgan fingerprint density at radius 2 is 1.69 bits per heavy atom. The Bertz CT molecular complexity index is 909. The number of hydrogen-bond acceptors (Lipinski definition) is 6. The number of piperazine rings is 1. The molecule has 29 heavy (non-hydrogen) atoms.